The lowest BCUT2D eigenvalue weighted by Gasteiger charge is -2.25. The molecule has 31 heavy (non-hydrogen) atoms. The average Bonchev–Trinajstić information content (AvgIpc) is 3.33. The van der Waals surface area contributed by atoms with Crippen LogP contribution < -0.4 is 14.2 Å². The molecule has 6 heteroatoms. The van der Waals surface area contributed by atoms with Crippen LogP contribution in [0.4, 0.5) is 0 Å². The molecule has 0 aromatic heterocycles. The van der Waals surface area contributed by atoms with Crippen molar-refractivity contribution in [3.8, 4) is 17.2 Å². The van der Waals surface area contributed by atoms with E-state index in [1.54, 1.807) is 44.2 Å². The third kappa shape index (κ3) is 4.80. The van der Waals surface area contributed by atoms with Gasteiger partial charge in [0.25, 0.3) is 5.91 Å². The van der Waals surface area contributed by atoms with E-state index in [-0.39, 0.29) is 11.3 Å². The summed E-state index contributed by atoms with van der Waals surface area (Å²) in [6, 6.07) is 23.4. The molecule has 3 aromatic carbocycles. The smallest absolute Gasteiger partial charge is 0.258 e. The molecule has 160 valence electrons. The fourth-order valence-corrected chi connectivity index (χ4v) is 4.83. The first-order valence-electron chi connectivity index (χ1n) is 10.1. The number of thioether (sulfide) groups is 1. The molecule has 3 aromatic rings. The second kappa shape index (κ2) is 9.79. The summed E-state index contributed by atoms with van der Waals surface area (Å²) in [5.41, 5.74) is 2.70. The van der Waals surface area contributed by atoms with Crippen LogP contribution in [0, 0.1) is 0 Å². The molecule has 5 nitrogen and oxygen atoms in total. The van der Waals surface area contributed by atoms with Gasteiger partial charge in [-0.15, -0.1) is 11.8 Å². The molecule has 1 saturated heterocycles. The SMILES string of the molecule is COc1ccc(C(=O)N2CCSC2c2cccc(OCc3ccccc3)c2)c(OC)c1. The van der Waals surface area contributed by atoms with Gasteiger partial charge in [0, 0.05) is 18.4 Å². The van der Waals surface area contributed by atoms with E-state index in [1.165, 1.54) is 0 Å². The lowest BCUT2D eigenvalue weighted by molar-refractivity contribution is 0.0756. The maximum Gasteiger partial charge on any atom is 0.258 e. The third-order valence-corrected chi connectivity index (χ3v) is 6.44. The van der Waals surface area contributed by atoms with Crippen LogP contribution in [0.3, 0.4) is 0 Å². The summed E-state index contributed by atoms with van der Waals surface area (Å²) in [6.45, 7) is 1.19. The van der Waals surface area contributed by atoms with Crippen LogP contribution in [0.2, 0.25) is 0 Å². The highest BCUT2D eigenvalue weighted by molar-refractivity contribution is 7.99. The molecular weight excluding hydrogens is 410 g/mol. The summed E-state index contributed by atoms with van der Waals surface area (Å²) < 4.78 is 16.7. The van der Waals surface area contributed by atoms with Crippen molar-refractivity contribution < 1.29 is 19.0 Å². The first-order chi connectivity index (χ1) is 15.2. The zero-order valence-corrected chi connectivity index (χ0v) is 18.4. The third-order valence-electron chi connectivity index (χ3n) is 5.18. The summed E-state index contributed by atoms with van der Waals surface area (Å²) in [6.07, 6.45) is 0. The number of carbonyl (C=O) groups excluding carboxylic acids is 1. The van der Waals surface area contributed by atoms with Crippen molar-refractivity contribution in [1.29, 1.82) is 0 Å². The average molecular weight is 436 g/mol. The van der Waals surface area contributed by atoms with Gasteiger partial charge in [0.15, 0.2) is 0 Å². The number of hydrogen-bond donors (Lipinski definition) is 0. The van der Waals surface area contributed by atoms with E-state index in [1.807, 2.05) is 59.5 Å². The van der Waals surface area contributed by atoms with Gasteiger partial charge in [-0.25, -0.2) is 0 Å². The first kappa shape index (κ1) is 21.1. The van der Waals surface area contributed by atoms with Crippen molar-refractivity contribution in [2.24, 2.45) is 0 Å². The van der Waals surface area contributed by atoms with Gasteiger partial charge >= 0.3 is 0 Å². The van der Waals surface area contributed by atoms with E-state index < -0.39 is 0 Å². The fourth-order valence-electron chi connectivity index (χ4n) is 3.58. The van der Waals surface area contributed by atoms with Gasteiger partial charge < -0.3 is 19.1 Å². The van der Waals surface area contributed by atoms with E-state index in [0.717, 1.165) is 22.6 Å². The van der Waals surface area contributed by atoms with Crippen molar-refractivity contribution in [1.82, 2.24) is 4.90 Å². The number of carbonyl (C=O) groups is 1. The molecule has 0 aliphatic carbocycles. The van der Waals surface area contributed by atoms with Crippen LogP contribution in [0.1, 0.15) is 26.9 Å². The predicted molar refractivity (Wildman–Crippen MR) is 123 cm³/mol. The second-order valence-electron chi connectivity index (χ2n) is 7.13. The standard InChI is InChI=1S/C25H25NO4S/c1-28-20-11-12-22(23(16-20)29-2)24(27)26-13-14-31-25(26)19-9-6-10-21(15-19)30-17-18-7-4-3-5-8-18/h3-12,15-16,25H,13-14,17H2,1-2H3. The molecule has 0 N–H and O–H groups in total. The molecule has 0 saturated carbocycles. The van der Waals surface area contributed by atoms with Crippen LogP contribution in [0.5, 0.6) is 17.2 Å². The number of nitrogens with zero attached hydrogens (tertiary/aromatic N) is 1. The number of benzene rings is 3. The summed E-state index contributed by atoms with van der Waals surface area (Å²) in [5, 5.41) is -0.0698. The van der Waals surface area contributed by atoms with E-state index in [9.17, 15) is 4.79 Å². The largest absolute Gasteiger partial charge is 0.497 e. The molecule has 1 aliphatic rings. The molecule has 0 bridgehead atoms. The Morgan fingerprint density at radius 2 is 1.81 bits per heavy atom. The van der Waals surface area contributed by atoms with Gasteiger partial charge in [0.1, 0.15) is 29.2 Å². The lowest BCUT2D eigenvalue weighted by atomic mass is 10.1. The Labute approximate surface area is 186 Å². The minimum absolute atomic E-state index is 0.0508. The summed E-state index contributed by atoms with van der Waals surface area (Å²) in [5.74, 6) is 2.79. The van der Waals surface area contributed by atoms with Gasteiger partial charge in [0.2, 0.25) is 0 Å². The summed E-state index contributed by atoms with van der Waals surface area (Å²) in [4.78, 5) is 15.3. The summed E-state index contributed by atoms with van der Waals surface area (Å²) >= 11 is 1.75. The molecule has 1 atom stereocenters. The molecular formula is C25H25NO4S. The molecule has 1 unspecified atom stereocenters. The first-order valence-corrected chi connectivity index (χ1v) is 11.2. The minimum atomic E-state index is -0.0698. The van der Waals surface area contributed by atoms with Gasteiger partial charge in [-0.3, -0.25) is 4.79 Å². The second-order valence-corrected chi connectivity index (χ2v) is 8.32. The van der Waals surface area contributed by atoms with Gasteiger partial charge in [-0.1, -0.05) is 42.5 Å². The zero-order chi connectivity index (χ0) is 21.6. The van der Waals surface area contributed by atoms with Crippen LogP contribution in [0.25, 0.3) is 0 Å². The normalized spacial score (nSPS) is 15.5. The monoisotopic (exact) mass is 435 g/mol. The Hall–Kier alpha value is -3.12. The van der Waals surface area contributed by atoms with Gasteiger partial charge in [0.05, 0.1) is 19.8 Å². The Bertz CT molecular complexity index is 1040. The molecule has 1 amide bonds. The molecule has 4 rings (SSSR count). The van der Waals surface area contributed by atoms with E-state index in [0.29, 0.717) is 30.2 Å². The van der Waals surface area contributed by atoms with Crippen molar-refractivity contribution in [2.75, 3.05) is 26.5 Å². The maximum atomic E-state index is 13.4. The van der Waals surface area contributed by atoms with Crippen molar-refractivity contribution in [3.63, 3.8) is 0 Å². The summed E-state index contributed by atoms with van der Waals surface area (Å²) in [7, 11) is 3.16. The van der Waals surface area contributed by atoms with E-state index in [4.69, 9.17) is 14.2 Å². The quantitative estimate of drug-likeness (QED) is 0.512. The van der Waals surface area contributed by atoms with Crippen LogP contribution in [-0.2, 0) is 6.61 Å². The number of amides is 1. The molecule has 0 radical (unpaired) electrons. The molecule has 1 aliphatic heterocycles. The Kier molecular flexibility index (Phi) is 6.67. The lowest BCUT2D eigenvalue weighted by Crippen LogP contribution is -2.30. The fraction of sp³-hybridized carbons (Fsp3) is 0.240. The minimum Gasteiger partial charge on any atom is -0.497 e. The van der Waals surface area contributed by atoms with Gasteiger partial charge in [-0.05, 0) is 35.4 Å². The zero-order valence-electron chi connectivity index (χ0n) is 17.6. The molecule has 1 fully saturated rings. The van der Waals surface area contributed by atoms with Crippen LogP contribution >= 0.6 is 11.8 Å². The topological polar surface area (TPSA) is 48.0 Å². The molecule has 1 heterocycles. The number of hydrogen-bond acceptors (Lipinski definition) is 5. The van der Waals surface area contributed by atoms with E-state index in [2.05, 4.69) is 0 Å². The van der Waals surface area contributed by atoms with Gasteiger partial charge in [-0.2, -0.15) is 0 Å². The predicted octanol–water partition coefficient (Wildman–Crippen LogP) is 5.17. The highest BCUT2D eigenvalue weighted by Gasteiger charge is 2.32. The number of ether oxygens (including phenoxy) is 3. The van der Waals surface area contributed by atoms with Crippen molar-refractivity contribution >= 4 is 17.7 Å². The Morgan fingerprint density at radius 1 is 0.968 bits per heavy atom. The number of methoxy groups -OCH3 is 2. The number of rotatable bonds is 7. The Balaban J connectivity index is 1.52. The van der Waals surface area contributed by atoms with E-state index >= 15 is 0 Å². The maximum absolute atomic E-state index is 13.4. The molecule has 0 spiro atoms. The highest BCUT2D eigenvalue weighted by atomic mass is 32.2. The van der Waals surface area contributed by atoms with Crippen LogP contribution in [0.15, 0.2) is 72.8 Å². The van der Waals surface area contributed by atoms with Crippen molar-refractivity contribution in [3.05, 3.63) is 89.5 Å². The Morgan fingerprint density at radius 3 is 2.58 bits per heavy atom. The van der Waals surface area contributed by atoms with Crippen LogP contribution in [-0.4, -0.2) is 37.3 Å². The van der Waals surface area contributed by atoms with Crippen molar-refractivity contribution in [2.45, 2.75) is 12.0 Å². The highest BCUT2D eigenvalue weighted by Crippen LogP contribution is 2.40.